The molecule has 0 saturated carbocycles. The molecule has 1 aromatic rings. The number of likely N-dealkylation sites (tertiary alicyclic amines) is 1. The molecule has 1 aromatic heterocycles. The number of hydrogen-bond donors (Lipinski definition) is 0. The topological polar surface area (TPSA) is 20.3 Å². The Morgan fingerprint density at radius 2 is 2.53 bits per heavy atom. The number of alkyl halides is 1. The molecule has 82 valence electrons. The van der Waals surface area contributed by atoms with Gasteiger partial charge in [0.2, 0.25) is 5.91 Å². The van der Waals surface area contributed by atoms with Gasteiger partial charge in [-0.05, 0) is 23.8 Å². The van der Waals surface area contributed by atoms with Crippen molar-refractivity contribution in [1.29, 1.82) is 0 Å². The lowest BCUT2D eigenvalue weighted by atomic mass is 10.2. The van der Waals surface area contributed by atoms with Gasteiger partial charge in [0.1, 0.15) is 0 Å². The summed E-state index contributed by atoms with van der Waals surface area (Å²) in [4.78, 5) is 15.1. The van der Waals surface area contributed by atoms with Crippen molar-refractivity contribution in [3.05, 3.63) is 22.4 Å². The number of rotatable bonds is 3. The lowest BCUT2D eigenvalue weighted by Gasteiger charge is -2.15. The normalized spacial score (nSPS) is 20.9. The summed E-state index contributed by atoms with van der Waals surface area (Å²) >= 11 is 5.14. The van der Waals surface area contributed by atoms with Crippen molar-refractivity contribution in [2.75, 3.05) is 18.4 Å². The summed E-state index contributed by atoms with van der Waals surface area (Å²) < 4.78 is 0. The minimum absolute atomic E-state index is 0.279. The van der Waals surface area contributed by atoms with E-state index in [0.717, 1.165) is 24.8 Å². The van der Waals surface area contributed by atoms with Crippen LogP contribution >= 0.6 is 27.3 Å². The number of halogens is 1. The molecule has 2 heterocycles. The molecule has 4 heteroatoms. The van der Waals surface area contributed by atoms with Crippen molar-refractivity contribution in [3.63, 3.8) is 0 Å². The molecule has 0 aliphatic carbocycles. The molecule has 2 nitrogen and oxygen atoms in total. The SMILES string of the molecule is O=C(Cc1cccs1)N1CCC(CBr)C1. The van der Waals surface area contributed by atoms with Crippen LogP contribution in [0.5, 0.6) is 0 Å². The zero-order valence-corrected chi connectivity index (χ0v) is 10.9. The summed E-state index contributed by atoms with van der Waals surface area (Å²) in [5.41, 5.74) is 0. The van der Waals surface area contributed by atoms with Crippen LogP contribution in [0.15, 0.2) is 17.5 Å². The van der Waals surface area contributed by atoms with Crippen LogP contribution in [0.3, 0.4) is 0 Å². The summed E-state index contributed by atoms with van der Waals surface area (Å²) in [6.45, 7) is 1.86. The fraction of sp³-hybridized carbons (Fsp3) is 0.545. The van der Waals surface area contributed by atoms with Gasteiger partial charge in [-0.15, -0.1) is 11.3 Å². The highest BCUT2D eigenvalue weighted by molar-refractivity contribution is 9.09. The molecular weight excluding hydrogens is 274 g/mol. The van der Waals surface area contributed by atoms with E-state index in [4.69, 9.17) is 0 Å². The zero-order valence-electron chi connectivity index (χ0n) is 8.49. The van der Waals surface area contributed by atoms with E-state index in [2.05, 4.69) is 15.9 Å². The molecule has 1 atom stereocenters. The maximum absolute atomic E-state index is 11.9. The maximum Gasteiger partial charge on any atom is 0.227 e. The van der Waals surface area contributed by atoms with Crippen LogP contribution < -0.4 is 0 Å². The van der Waals surface area contributed by atoms with Crippen molar-refractivity contribution >= 4 is 33.2 Å². The zero-order chi connectivity index (χ0) is 10.7. The molecule has 1 unspecified atom stereocenters. The number of nitrogens with zero attached hydrogens (tertiary/aromatic N) is 1. The average Bonchev–Trinajstić information content (AvgIpc) is 2.86. The third kappa shape index (κ3) is 2.82. The van der Waals surface area contributed by atoms with Crippen LogP contribution in [0, 0.1) is 5.92 Å². The second-order valence-electron chi connectivity index (χ2n) is 3.90. The van der Waals surface area contributed by atoms with E-state index in [1.165, 1.54) is 4.88 Å². The van der Waals surface area contributed by atoms with Gasteiger partial charge >= 0.3 is 0 Å². The third-order valence-corrected chi connectivity index (χ3v) is 4.55. The first-order chi connectivity index (χ1) is 7.29. The predicted octanol–water partition coefficient (Wildman–Crippen LogP) is 2.53. The third-order valence-electron chi connectivity index (χ3n) is 2.76. The van der Waals surface area contributed by atoms with Gasteiger partial charge in [-0.1, -0.05) is 22.0 Å². The molecule has 1 fully saturated rings. The van der Waals surface area contributed by atoms with Crippen LogP contribution in [0.1, 0.15) is 11.3 Å². The van der Waals surface area contributed by atoms with Crippen LogP contribution in [-0.2, 0) is 11.2 Å². The molecule has 0 radical (unpaired) electrons. The molecule has 0 aromatic carbocycles. The Balaban J connectivity index is 1.87. The van der Waals surface area contributed by atoms with Crippen molar-refractivity contribution in [2.24, 2.45) is 5.92 Å². The second kappa shape index (κ2) is 5.12. The Bertz CT molecular complexity index is 325. The van der Waals surface area contributed by atoms with Gasteiger partial charge < -0.3 is 4.90 Å². The lowest BCUT2D eigenvalue weighted by Crippen LogP contribution is -2.30. The van der Waals surface area contributed by atoms with Crippen LogP contribution in [0.25, 0.3) is 0 Å². The highest BCUT2D eigenvalue weighted by atomic mass is 79.9. The average molecular weight is 288 g/mol. The van der Waals surface area contributed by atoms with E-state index in [9.17, 15) is 4.79 Å². The number of thiophene rings is 1. The van der Waals surface area contributed by atoms with Crippen LogP contribution in [0.4, 0.5) is 0 Å². The standard InChI is InChI=1S/C11H14BrNOS/c12-7-9-3-4-13(8-9)11(14)6-10-2-1-5-15-10/h1-2,5,9H,3-4,6-8H2. The van der Waals surface area contributed by atoms with Crippen LogP contribution in [0.2, 0.25) is 0 Å². The molecule has 2 rings (SSSR count). The summed E-state index contributed by atoms with van der Waals surface area (Å²) in [7, 11) is 0. The molecule has 15 heavy (non-hydrogen) atoms. The van der Waals surface area contributed by atoms with Crippen molar-refractivity contribution in [1.82, 2.24) is 4.90 Å². The van der Waals surface area contributed by atoms with E-state index >= 15 is 0 Å². The molecule has 0 spiro atoms. The number of carbonyl (C=O) groups is 1. The molecule has 0 bridgehead atoms. The van der Waals surface area contributed by atoms with Gasteiger partial charge in [0, 0.05) is 23.3 Å². The molecular formula is C11H14BrNOS. The second-order valence-corrected chi connectivity index (χ2v) is 5.58. The highest BCUT2D eigenvalue weighted by Crippen LogP contribution is 2.19. The van der Waals surface area contributed by atoms with Gasteiger partial charge in [-0.2, -0.15) is 0 Å². The first kappa shape index (κ1) is 11.1. The number of carbonyl (C=O) groups excluding carboxylic acids is 1. The molecule has 1 aliphatic heterocycles. The summed E-state index contributed by atoms with van der Waals surface area (Å²) in [5, 5.41) is 3.03. The smallest absolute Gasteiger partial charge is 0.227 e. The van der Waals surface area contributed by atoms with Crippen molar-refractivity contribution < 1.29 is 4.79 Å². The highest BCUT2D eigenvalue weighted by Gasteiger charge is 2.25. The fourth-order valence-electron chi connectivity index (χ4n) is 1.86. The molecule has 1 aliphatic rings. The molecule has 1 amide bonds. The quantitative estimate of drug-likeness (QED) is 0.783. The molecule has 0 N–H and O–H groups in total. The van der Waals surface area contributed by atoms with Gasteiger partial charge in [0.05, 0.1) is 6.42 Å². The van der Waals surface area contributed by atoms with Gasteiger partial charge in [0.15, 0.2) is 0 Å². The van der Waals surface area contributed by atoms with Crippen molar-refractivity contribution in [3.8, 4) is 0 Å². The van der Waals surface area contributed by atoms with E-state index in [0.29, 0.717) is 12.3 Å². The van der Waals surface area contributed by atoms with Crippen molar-refractivity contribution in [2.45, 2.75) is 12.8 Å². The minimum Gasteiger partial charge on any atom is -0.342 e. The summed E-state index contributed by atoms with van der Waals surface area (Å²) in [6.07, 6.45) is 1.72. The minimum atomic E-state index is 0.279. The Labute approximate surface area is 102 Å². The summed E-state index contributed by atoms with van der Waals surface area (Å²) in [5.74, 6) is 0.929. The lowest BCUT2D eigenvalue weighted by molar-refractivity contribution is -0.129. The number of hydrogen-bond acceptors (Lipinski definition) is 2. The van der Waals surface area contributed by atoms with E-state index in [1.54, 1.807) is 11.3 Å². The molecule has 1 saturated heterocycles. The van der Waals surface area contributed by atoms with Gasteiger partial charge in [0.25, 0.3) is 0 Å². The first-order valence-corrected chi connectivity index (χ1v) is 7.16. The van der Waals surface area contributed by atoms with E-state index < -0.39 is 0 Å². The maximum atomic E-state index is 11.9. The fourth-order valence-corrected chi connectivity index (χ4v) is 3.08. The predicted molar refractivity (Wildman–Crippen MR) is 66.5 cm³/mol. The van der Waals surface area contributed by atoms with E-state index in [1.807, 2.05) is 22.4 Å². The number of amides is 1. The van der Waals surface area contributed by atoms with Gasteiger partial charge in [-0.25, -0.2) is 0 Å². The monoisotopic (exact) mass is 287 g/mol. The first-order valence-electron chi connectivity index (χ1n) is 5.15. The Morgan fingerprint density at radius 1 is 1.67 bits per heavy atom. The Kier molecular flexibility index (Phi) is 3.81. The largest absolute Gasteiger partial charge is 0.342 e. The Hall–Kier alpha value is -0.350. The van der Waals surface area contributed by atoms with Crippen LogP contribution in [-0.4, -0.2) is 29.2 Å². The Morgan fingerprint density at radius 3 is 3.13 bits per heavy atom. The van der Waals surface area contributed by atoms with E-state index in [-0.39, 0.29) is 5.91 Å². The van der Waals surface area contributed by atoms with Gasteiger partial charge in [-0.3, -0.25) is 4.79 Å². The summed E-state index contributed by atoms with van der Waals surface area (Å²) in [6, 6.07) is 4.03.